The number of carbonyl (C=O) groups is 1. The maximum absolute atomic E-state index is 12.1. The fourth-order valence-corrected chi connectivity index (χ4v) is 1.70. The molecule has 1 N–H and O–H groups in total. The predicted molar refractivity (Wildman–Crippen MR) is 79.3 cm³/mol. The molecule has 0 saturated heterocycles. The van der Waals surface area contributed by atoms with Crippen LogP contribution in [0.15, 0.2) is 10.2 Å². The SMILES string of the molecule is CCCCN(C(=O)NC)C(C)(N=NC(C)C)C(C)C. The summed E-state index contributed by atoms with van der Waals surface area (Å²) in [4.78, 5) is 13.9. The summed E-state index contributed by atoms with van der Waals surface area (Å²) in [6.45, 7) is 12.9. The number of unbranched alkanes of at least 4 members (excludes halogenated alkanes) is 1. The smallest absolute Gasteiger partial charge is 0.319 e. The van der Waals surface area contributed by atoms with Crippen molar-refractivity contribution in [3.63, 3.8) is 0 Å². The number of azo groups is 1. The van der Waals surface area contributed by atoms with Crippen LogP contribution in [0.1, 0.15) is 54.4 Å². The Bertz CT molecular complexity index is 302. The molecule has 1 atom stereocenters. The van der Waals surface area contributed by atoms with E-state index in [1.165, 1.54) is 0 Å². The van der Waals surface area contributed by atoms with Gasteiger partial charge in [0.25, 0.3) is 0 Å². The Morgan fingerprint density at radius 3 is 2.26 bits per heavy atom. The van der Waals surface area contributed by atoms with E-state index in [1.807, 2.05) is 20.8 Å². The number of nitrogens with one attached hydrogen (secondary N) is 1. The molecule has 0 rings (SSSR count). The second-order valence-corrected chi connectivity index (χ2v) is 5.62. The molecule has 0 heterocycles. The van der Waals surface area contributed by atoms with Crippen LogP contribution < -0.4 is 5.32 Å². The van der Waals surface area contributed by atoms with Crippen LogP contribution in [-0.2, 0) is 0 Å². The van der Waals surface area contributed by atoms with Crippen LogP contribution in [-0.4, -0.2) is 36.2 Å². The van der Waals surface area contributed by atoms with Crippen LogP contribution in [0.3, 0.4) is 0 Å². The average Bonchev–Trinajstić information content (AvgIpc) is 2.35. The van der Waals surface area contributed by atoms with Crippen molar-refractivity contribution < 1.29 is 4.79 Å². The molecule has 5 heteroatoms. The van der Waals surface area contributed by atoms with Crippen molar-refractivity contribution >= 4 is 6.03 Å². The van der Waals surface area contributed by atoms with Crippen molar-refractivity contribution in [3.8, 4) is 0 Å². The number of hydrogen-bond acceptors (Lipinski definition) is 3. The molecule has 0 bridgehead atoms. The zero-order valence-electron chi connectivity index (χ0n) is 13.5. The predicted octanol–water partition coefficient (Wildman–Crippen LogP) is 3.66. The molecule has 0 aromatic carbocycles. The summed E-state index contributed by atoms with van der Waals surface area (Å²) in [6.07, 6.45) is 2.01. The fraction of sp³-hybridized carbons (Fsp3) is 0.929. The van der Waals surface area contributed by atoms with Gasteiger partial charge >= 0.3 is 6.03 Å². The van der Waals surface area contributed by atoms with Gasteiger partial charge in [0.15, 0.2) is 5.66 Å². The molecule has 0 aliphatic heterocycles. The van der Waals surface area contributed by atoms with Crippen molar-refractivity contribution in [3.05, 3.63) is 0 Å². The van der Waals surface area contributed by atoms with E-state index in [1.54, 1.807) is 11.9 Å². The maximum atomic E-state index is 12.1. The molecule has 19 heavy (non-hydrogen) atoms. The highest BCUT2D eigenvalue weighted by Gasteiger charge is 2.38. The third-order valence-electron chi connectivity index (χ3n) is 3.33. The minimum absolute atomic E-state index is 0.0904. The Morgan fingerprint density at radius 1 is 1.32 bits per heavy atom. The molecule has 5 nitrogen and oxygen atoms in total. The minimum atomic E-state index is -0.598. The van der Waals surface area contributed by atoms with Gasteiger partial charge in [0, 0.05) is 13.6 Å². The van der Waals surface area contributed by atoms with Gasteiger partial charge in [-0.3, -0.25) is 4.90 Å². The summed E-state index contributed by atoms with van der Waals surface area (Å²) in [5.74, 6) is 0.198. The van der Waals surface area contributed by atoms with E-state index < -0.39 is 5.66 Å². The highest BCUT2D eigenvalue weighted by atomic mass is 16.2. The molecule has 0 aliphatic rings. The zero-order valence-corrected chi connectivity index (χ0v) is 13.5. The third kappa shape index (κ3) is 5.17. The number of carbonyl (C=O) groups excluding carboxylic acids is 1. The van der Waals surface area contributed by atoms with Crippen LogP contribution >= 0.6 is 0 Å². The topological polar surface area (TPSA) is 57.1 Å². The molecule has 0 spiro atoms. The fourth-order valence-electron chi connectivity index (χ4n) is 1.70. The Kier molecular flexibility index (Phi) is 7.64. The number of nitrogens with zero attached hydrogens (tertiary/aromatic N) is 3. The first-order valence-electron chi connectivity index (χ1n) is 7.20. The van der Waals surface area contributed by atoms with E-state index in [2.05, 4.69) is 36.3 Å². The van der Waals surface area contributed by atoms with E-state index in [9.17, 15) is 4.79 Å². The van der Waals surface area contributed by atoms with Gasteiger partial charge in [0.1, 0.15) is 0 Å². The van der Waals surface area contributed by atoms with Crippen molar-refractivity contribution in [2.24, 2.45) is 16.1 Å². The zero-order chi connectivity index (χ0) is 15.1. The van der Waals surface area contributed by atoms with Crippen LogP contribution in [0, 0.1) is 5.92 Å². The molecule has 0 saturated carbocycles. The number of rotatable bonds is 7. The lowest BCUT2D eigenvalue weighted by Crippen LogP contribution is -2.55. The first kappa shape index (κ1) is 17.9. The monoisotopic (exact) mass is 270 g/mol. The van der Waals surface area contributed by atoms with Crippen molar-refractivity contribution in [1.29, 1.82) is 0 Å². The van der Waals surface area contributed by atoms with E-state index in [4.69, 9.17) is 0 Å². The van der Waals surface area contributed by atoms with Crippen molar-refractivity contribution in [1.82, 2.24) is 10.2 Å². The number of hydrogen-bond donors (Lipinski definition) is 1. The minimum Gasteiger partial charge on any atom is -0.341 e. The van der Waals surface area contributed by atoms with Crippen LogP contribution in [0.5, 0.6) is 0 Å². The van der Waals surface area contributed by atoms with Crippen LogP contribution in [0.25, 0.3) is 0 Å². The quantitative estimate of drug-likeness (QED) is 0.705. The number of amides is 2. The van der Waals surface area contributed by atoms with Gasteiger partial charge in [-0.1, -0.05) is 27.2 Å². The van der Waals surface area contributed by atoms with Gasteiger partial charge in [0.2, 0.25) is 0 Å². The summed E-state index contributed by atoms with van der Waals surface area (Å²) in [6, 6.07) is 0.0446. The summed E-state index contributed by atoms with van der Waals surface area (Å²) in [5, 5.41) is 11.4. The van der Waals surface area contributed by atoms with Gasteiger partial charge in [-0.2, -0.15) is 10.2 Å². The van der Waals surface area contributed by atoms with Crippen LogP contribution in [0.4, 0.5) is 4.79 Å². The highest BCUT2D eigenvalue weighted by Crippen LogP contribution is 2.27. The number of urea groups is 1. The van der Waals surface area contributed by atoms with Gasteiger partial charge in [-0.15, -0.1) is 0 Å². The average molecular weight is 270 g/mol. The highest BCUT2D eigenvalue weighted by molar-refractivity contribution is 5.74. The van der Waals surface area contributed by atoms with E-state index >= 15 is 0 Å². The van der Waals surface area contributed by atoms with Gasteiger partial charge < -0.3 is 5.32 Å². The third-order valence-corrected chi connectivity index (χ3v) is 3.33. The van der Waals surface area contributed by atoms with Crippen molar-refractivity contribution in [2.45, 2.75) is 66.1 Å². The molecule has 2 amide bonds. The Balaban J connectivity index is 5.30. The maximum Gasteiger partial charge on any atom is 0.319 e. The summed E-state index contributed by atoms with van der Waals surface area (Å²) >= 11 is 0. The Hall–Kier alpha value is -1.13. The molecule has 0 radical (unpaired) electrons. The lowest BCUT2D eigenvalue weighted by molar-refractivity contribution is 0.0864. The molecule has 0 aliphatic carbocycles. The summed E-state index contributed by atoms with van der Waals surface area (Å²) in [5.41, 5.74) is -0.598. The summed E-state index contributed by atoms with van der Waals surface area (Å²) < 4.78 is 0. The standard InChI is InChI=1S/C14H30N4O/c1-8-9-10-18(13(19)15-7)14(6,11(2)3)17-16-12(4)5/h11-12H,8-10H2,1-7H3,(H,15,19). The van der Waals surface area contributed by atoms with E-state index in [-0.39, 0.29) is 18.0 Å². The van der Waals surface area contributed by atoms with Crippen molar-refractivity contribution in [2.75, 3.05) is 13.6 Å². The van der Waals surface area contributed by atoms with Gasteiger partial charge in [0.05, 0.1) is 6.04 Å². The van der Waals surface area contributed by atoms with E-state index in [0.29, 0.717) is 6.54 Å². The molecule has 0 aromatic heterocycles. The largest absolute Gasteiger partial charge is 0.341 e. The normalized spacial score (nSPS) is 15.0. The molecular weight excluding hydrogens is 240 g/mol. The molecular formula is C14H30N4O. The van der Waals surface area contributed by atoms with Gasteiger partial charge in [-0.25, -0.2) is 4.79 Å². The van der Waals surface area contributed by atoms with Crippen LogP contribution in [0.2, 0.25) is 0 Å². The lowest BCUT2D eigenvalue weighted by atomic mass is 9.96. The molecule has 0 fully saturated rings. The molecule has 0 aromatic rings. The first-order chi connectivity index (χ1) is 8.79. The van der Waals surface area contributed by atoms with Gasteiger partial charge in [-0.05, 0) is 33.1 Å². The van der Waals surface area contributed by atoms with E-state index in [0.717, 1.165) is 12.8 Å². The lowest BCUT2D eigenvalue weighted by Gasteiger charge is -2.40. The second-order valence-electron chi connectivity index (χ2n) is 5.62. The second kappa shape index (κ2) is 8.12. The molecule has 1 unspecified atom stereocenters. The summed E-state index contributed by atoms with van der Waals surface area (Å²) in [7, 11) is 1.65. The Labute approximate surface area is 117 Å². The Morgan fingerprint density at radius 2 is 1.89 bits per heavy atom. The molecule has 112 valence electrons. The first-order valence-corrected chi connectivity index (χ1v) is 7.20.